The molecule has 0 spiro atoms. The van der Waals surface area contributed by atoms with Crippen molar-refractivity contribution in [2.45, 2.75) is 63.5 Å². The molecule has 2 nitrogen and oxygen atoms in total. The van der Waals surface area contributed by atoms with E-state index in [1.165, 1.54) is 24.4 Å². The van der Waals surface area contributed by atoms with Crippen molar-refractivity contribution in [3.05, 3.63) is 30.3 Å². The predicted octanol–water partition coefficient (Wildman–Crippen LogP) is 3.31. The van der Waals surface area contributed by atoms with Gasteiger partial charge in [-0.2, -0.15) is 0 Å². The third-order valence-corrected chi connectivity index (χ3v) is 8.94. The molecule has 1 aliphatic rings. The highest BCUT2D eigenvalue weighted by molar-refractivity contribution is 6.91. The SMILES string of the molecule is CCCCC[C@H]1O[C@H]1[C@H](CO)[Si](C)(C)c1ccccc1. The van der Waals surface area contributed by atoms with E-state index in [0.717, 1.165) is 6.42 Å². The number of unbranched alkanes of at least 4 members (excludes halogenated alkanes) is 2. The van der Waals surface area contributed by atoms with Gasteiger partial charge >= 0.3 is 0 Å². The van der Waals surface area contributed by atoms with Gasteiger partial charge in [-0.1, -0.05) is 74.8 Å². The molecule has 3 heteroatoms. The van der Waals surface area contributed by atoms with Crippen LogP contribution in [0.1, 0.15) is 32.6 Å². The Bertz CT molecular complexity index is 405. The molecule has 0 aliphatic carbocycles. The number of aliphatic hydroxyl groups is 1. The molecule has 2 rings (SSSR count). The Morgan fingerprint density at radius 3 is 2.50 bits per heavy atom. The van der Waals surface area contributed by atoms with Crippen LogP contribution in [0.15, 0.2) is 30.3 Å². The van der Waals surface area contributed by atoms with Gasteiger partial charge in [-0.3, -0.25) is 0 Å². The van der Waals surface area contributed by atoms with E-state index >= 15 is 0 Å². The summed E-state index contributed by atoms with van der Waals surface area (Å²) in [6, 6.07) is 10.7. The molecule has 1 N–H and O–H groups in total. The number of aliphatic hydroxyl groups excluding tert-OH is 1. The smallest absolute Gasteiger partial charge is 0.0890 e. The van der Waals surface area contributed by atoms with Gasteiger partial charge in [0, 0.05) is 12.1 Å². The molecular formula is C17H28O2Si. The molecule has 0 amide bonds. The number of benzene rings is 1. The van der Waals surface area contributed by atoms with Gasteiger partial charge in [0.1, 0.15) is 0 Å². The maximum Gasteiger partial charge on any atom is 0.0890 e. The lowest BCUT2D eigenvalue weighted by molar-refractivity contribution is 0.258. The quantitative estimate of drug-likeness (QED) is 0.453. The Morgan fingerprint density at radius 1 is 1.20 bits per heavy atom. The van der Waals surface area contributed by atoms with Crippen molar-refractivity contribution in [2.24, 2.45) is 0 Å². The second-order valence-corrected chi connectivity index (χ2v) is 11.3. The largest absolute Gasteiger partial charge is 0.396 e. The fraction of sp³-hybridized carbons (Fsp3) is 0.647. The van der Waals surface area contributed by atoms with E-state index in [1.807, 2.05) is 0 Å². The van der Waals surface area contributed by atoms with Crippen molar-refractivity contribution in [2.75, 3.05) is 6.61 Å². The van der Waals surface area contributed by atoms with E-state index in [4.69, 9.17) is 4.74 Å². The fourth-order valence-corrected chi connectivity index (χ4v) is 6.21. The van der Waals surface area contributed by atoms with Crippen LogP contribution in [0, 0.1) is 0 Å². The number of epoxide rings is 1. The van der Waals surface area contributed by atoms with Gasteiger partial charge in [-0.15, -0.1) is 0 Å². The minimum Gasteiger partial charge on any atom is -0.396 e. The standard InChI is InChI=1S/C17H28O2Si/c1-4-5-7-12-15-17(19-15)16(13-18)20(2,3)14-10-8-6-9-11-14/h6,8-11,15-18H,4-5,7,12-13H2,1-3H3/t15-,16+,17-/m1/s1. The molecule has 0 unspecified atom stereocenters. The summed E-state index contributed by atoms with van der Waals surface area (Å²) in [5, 5.41) is 11.3. The van der Waals surface area contributed by atoms with E-state index in [9.17, 15) is 5.11 Å². The lowest BCUT2D eigenvalue weighted by atomic mass is 10.1. The highest BCUT2D eigenvalue weighted by Gasteiger charge is 2.50. The molecular weight excluding hydrogens is 264 g/mol. The van der Waals surface area contributed by atoms with Gasteiger partial charge < -0.3 is 9.84 Å². The van der Waals surface area contributed by atoms with Gasteiger partial charge in [0.25, 0.3) is 0 Å². The Labute approximate surface area is 124 Å². The summed E-state index contributed by atoms with van der Waals surface area (Å²) in [6.07, 6.45) is 5.64. The van der Waals surface area contributed by atoms with E-state index in [0.29, 0.717) is 17.7 Å². The maximum absolute atomic E-state index is 9.88. The first-order valence-corrected chi connectivity index (χ1v) is 11.0. The van der Waals surface area contributed by atoms with E-state index < -0.39 is 8.07 Å². The second-order valence-electron chi connectivity index (χ2n) is 6.51. The molecule has 1 saturated heterocycles. The number of ether oxygens (including phenoxy) is 1. The topological polar surface area (TPSA) is 32.8 Å². The lowest BCUT2D eigenvalue weighted by Crippen LogP contribution is -2.49. The molecule has 112 valence electrons. The van der Waals surface area contributed by atoms with Gasteiger partial charge in [-0.25, -0.2) is 0 Å². The van der Waals surface area contributed by atoms with Crippen LogP contribution in [-0.4, -0.2) is 32.0 Å². The molecule has 1 aromatic rings. The number of hydrogen-bond acceptors (Lipinski definition) is 2. The van der Waals surface area contributed by atoms with Crippen LogP contribution < -0.4 is 5.19 Å². The molecule has 20 heavy (non-hydrogen) atoms. The Kier molecular flexibility index (Phi) is 5.41. The predicted molar refractivity (Wildman–Crippen MR) is 87.2 cm³/mol. The van der Waals surface area contributed by atoms with Gasteiger partial charge in [0.05, 0.1) is 20.3 Å². The van der Waals surface area contributed by atoms with Crippen LogP contribution in [0.3, 0.4) is 0 Å². The second kappa shape index (κ2) is 6.88. The van der Waals surface area contributed by atoms with Crippen LogP contribution in [-0.2, 0) is 4.74 Å². The van der Waals surface area contributed by atoms with Gasteiger partial charge in [0.2, 0.25) is 0 Å². The van der Waals surface area contributed by atoms with Gasteiger partial charge in [0.15, 0.2) is 0 Å². The fourth-order valence-electron chi connectivity index (χ4n) is 3.16. The molecule has 0 saturated carbocycles. The number of hydrogen-bond donors (Lipinski definition) is 1. The summed E-state index contributed by atoms with van der Waals surface area (Å²) in [7, 11) is -1.67. The molecule has 0 aromatic heterocycles. The first-order valence-electron chi connectivity index (χ1n) is 7.93. The molecule has 1 aliphatic heterocycles. The van der Waals surface area contributed by atoms with Crippen LogP contribution in [0.5, 0.6) is 0 Å². The molecule has 3 atom stereocenters. The average molecular weight is 292 g/mol. The Morgan fingerprint density at radius 2 is 1.90 bits per heavy atom. The average Bonchev–Trinajstić information content (AvgIpc) is 3.20. The van der Waals surface area contributed by atoms with Crippen LogP contribution >= 0.6 is 0 Å². The Hall–Kier alpha value is -0.643. The molecule has 0 radical (unpaired) electrons. The third kappa shape index (κ3) is 3.51. The monoisotopic (exact) mass is 292 g/mol. The van der Waals surface area contributed by atoms with E-state index in [2.05, 4.69) is 50.3 Å². The lowest BCUT2D eigenvalue weighted by Gasteiger charge is -2.31. The third-order valence-electron chi connectivity index (χ3n) is 4.75. The van der Waals surface area contributed by atoms with Crippen molar-refractivity contribution >= 4 is 13.3 Å². The molecule has 1 aromatic carbocycles. The minimum atomic E-state index is -1.67. The molecule has 0 bridgehead atoms. The highest BCUT2D eigenvalue weighted by atomic mass is 28.3. The molecule has 1 fully saturated rings. The minimum absolute atomic E-state index is 0.253. The number of rotatable bonds is 8. The van der Waals surface area contributed by atoms with Crippen LogP contribution in [0.25, 0.3) is 0 Å². The zero-order chi connectivity index (χ0) is 14.6. The van der Waals surface area contributed by atoms with Crippen molar-refractivity contribution in [1.29, 1.82) is 0 Å². The highest BCUT2D eigenvalue weighted by Crippen LogP contribution is 2.41. The van der Waals surface area contributed by atoms with Crippen LogP contribution in [0.2, 0.25) is 18.6 Å². The van der Waals surface area contributed by atoms with E-state index in [1.54, 1.807) is 0 Å². The summed E-state index contributed by atoms with van der Waals surface area (Å²) in [6.45, 7) is 7.19. The first kappa shape index (κ1) is 15.7. The molecule has 1 heterocycles. The van der Waals surface area contributed by atoms with Crippen molar-refractivity contribution < 1.29 is 9.84 Å². The zero-order valence-corrected chi connectivity index (χ0v) is 14.0. The summed E-state index contributed by atoms with van der Waals surface area (Å²) in [4.78, 5) is 0. The Balaban J connectivity index is 1.99. The summed E-state index contributed by atoms with van der Waals surface area (Å²) >= 11 is 0. The van der Waals surface area contributed by atoms with Crippen LogP contribution in [0.4, 0.5) is 0 Å². The van der Waals surface area contributed by atoms with Gasteiger partial charge in [-0.05, 0) is 6.42 Å². The van der Waals surface area contributed by atoms with Crippen molar-refractivity contribution in [3.8, 4) is 0 Å². The summed E-state index contributed by atoms with van der Waals surface area (Å²) in [5.74, 6) is 0. The summed E-state index contributed by atoms with van der Waals surface area (Å²) in [5.41, 5.74) is 0.316. The normalized spacial score (nSPS) is 23.6. The van der Waals surface area contributed by atoms with Crippen molar-refractivity contribution in [1.82, 2.24) is 0 Å². The van der Waals surface area contributed by atoms with Crippen molar-refractivity contribution in [3.63, 3.8) is 0 Å². The zero-order valence-electron chi connectivity index (χ0n) is 13.0. The first-order chi connectivity index (χ1) is 9.61. The van der Waals surface area contributed by atoms with E-state index in [-0.39, 0.29) is 6.61 Å². The summed E-state index contributed by atoms with van der Waals surface area (Å²) < 4.78 is 5.90. The maximum atomic E-state index is 9.88.